The zero-order chi connectivity index (χ0) is 16.4. The summed E-state index contributed by atoms with van der Waals surface area (Å²) < 4.78 is 15.6. The van der Waals surface area contributed by atoms with E-state index in [2.05, 4.69) is 4.98 Å². The number of methoxy groups -OCH3 is 3. The first kappa shape index (κ1) is 15.0. The molecule has 118 valence electrons. The third-order valence-corrected chi connectivity index (χ3v) is 3.77. The molecule has 0 amide bonds. The quantitative estimate of drug-likeness (QED) is 0.747. The molecule has 0 aliphatic rings. The Balaban J connectivity index is 2.29. The van der Waals surface area contributed by atoms with E-state index in [4.69, 9.17) is 14.2 Å². The summed E-state index contributed by atoms with van der Waals surface area (Å²) in [5, 5.41) is 0.812. The summed E-state index contributed by atoms with van der Waals surface area (Å²) in [6.45, 7) is 0. The Labute approximate surface area is 133 Å². The molecule has 0 saturated carbocycles. The highest BCUT2D eigenvalue weighted by Crippen LogP contribution is 2.37. The first-order chi connectivity index (χ1) is 11.2. The summed E-state index contributed by atoms with van der Waals surface area (Å²) in [4.78, 5) is 15.6. The van der Waals surface area contributed by atoms with Gasteiger partial charge in [-0.3, -0.25) is 0 Å². The van der Waals surface area contributed by atoms with Crippen molar-refractivity contribution in [3.05, 3.63) is 48.0 Å². The average molecular weight is 311 g/mol. The number of benzene rings is 2. The van der Waals surface area contributed by atoms with E-state index < -0.39 is 5.97 Å². The van der Waals surface area contributed by atoms with Crippen LogP contribution < -0.4 is 9.47 Å². The van der Waals surface area contributed by atoms with Crippen molar-refractivity contribution in [2.45, 2.75) is 0 Å². The molecule has 0 aliphatic carbocycles. The SMILES string of the molecule is COC(=O)c1c(-c2ccc(OC)cc2OC)[nH]c2ccccc12. The van der Waals surface area contributed by atoms with Crippen molar-refractivity contribution in [3.63, 3.8) is 0 Å². The van der Waals surface area contributed by atoms with Crippen LogP contribution in [-0.4, -0.2) is 32.3 Å². The zero-order valence-corrected chi connectivity index (χ0v) is 13.2. The van der Waals surface area contributed by atoms with E-state index in [1.165, 1.54) is 7.11 Å². The van der Waals surface area contributed by atoms with Crippen LogP contribution in [0.5, 0.6) is 11.5 Å². The summed E-state index contributed by atoms with van der Waals surface area (Å²) in [6, 6.07) is 13.1. The van der Waals surface area contributed by atoms with E-state index in [0.717, 1.165) is 16.5 Å². The van der Waals surface area contributed by atoms with E-state index in [-0.39, 0.29) is 0 Å². The summed E-state index contributed by atoms with van der Waals surface area (Å²) in [5.41, 5.74) is 2.79. The van der Waals surface area contributed by atoms with Crippen LogP contribution in [0.25, 0.3) is 22.2 Å². The molecule has 0 fully saturated rings. The second kappa shape index (κ2) is 6.04. The average Bonchev–Trinajstić information content (AvgIpc) is 2.99. The highest BCUT2D eigenvalue weighted by Gasteiger charge is 2.22. The molecule has 1 aromatic heterocycles. The van der Waals surface area contributed by atoms with Crippen molar-refractivity contribution >= 4 is 16.9 Å². The normalized spacial score (nSPS) is 10.6. The molecular weight excluding hydrogens is 294 g/mol. The highest BCUT2D eigenvalue weighted by molar-refractivity contribution is 6.10. The molecule has 5 heteroatoms. The summed E-state index contributed by atoms with van der Waals surface area (Å²) in [7, 11) is 4.55. The first-order valence-corrected chi connectivity index (χ1v) is 7.11. The topological polar surface area (TPSA) is 60.6 Å². The van der Waals surface area contributed by atoms with Gasteiger partial charge in [-0.15, -0.1) is 0 Å². The fourth-order valence-corrected chi connectivity index (χ4v) is 2.66. The van der Waals surface area contributed by atoms with E-state index in [0.29, 0.717) is 22.8 Å². The van der Waals surface area contributed by atoms with E-state index in [1.807, 2.05) is 36.4 Å². The summed E-state index contributed by atoms with van der Waals surface area (Å²) >= 11 is 0. The third-order valence-electron chi connectivity index (χ3n) is 3.77. The second-order valence-electron chi connectivity index (χ2n) is 4.98. The number of aromatic nitrogens is 1. The molecule has 3 rings (SSSR count). The largest absolute Gasteiger partial charge is 0.497 e. The highest BCUT2D eigenvalue weighted by atomic mass is 16.5. The van der Waals surface area contributed by atoms with Crippen LogP contribution in [0.4, 0.5) is 0 Å². The van der Waals surface area contributed by atoms with Gasteiger partial charge in [0.2, 0.25) is 0 Å². The molecule has 0 radical (unpaired) electrons. The van der Waals surface area contributed by atoms with Gasteiger partial charge < -0.3 is 19.2 Å². The molecule has 1 N–H and O–H groups in total. The molecule has 0 aliphatic heterocycles. The third kappa shape index (κ3) is 2.50. The van der Waals surface area contributed by atoms with Crippen molar-refractivity contribution in [1.29, 1.82) is 0 Å². The predicted molar refractivity (Wildman–Crippen MR) is 88.2 cm³/mol. The van der Waals surface area contributed by atoms with E-state index in [9.17, 15) is 4.79 Å². The van der Waals surface area contributed by atoms with Crippen molar-refractivity contribution < 1.29 is 19.0 Å². The Hall–Kier alpha value is -2.95. The van der Waals surface area contributed by atoms with Crippen LogP contribution in [0.1, 0.15) is 10.4 Å². The lowest BCUT2D eigenvalue weighted by Gasteiger charge is -2.10. The Morgan fingerprint density at radius 1 is 1.00 bits per heavy atom. The van der Waals surface area contributed by atoms with Gasteiger partial charge in [0.25, 0.3) is 0 Å². The number of rotatable bonds is 4. The Morgan fingerprint density at radius 2 is 1.78 bits per heavy atom. The molecule has 0 unspecified atom stereocenters. The minimum atomic E-state index is -0.393. The van der Waals surface area contributed by atoms with Gasteiger partial charge in [0.05, 0.1) is 32.6 Å². The summed E-state index contributed by atoms with van der Waals surface area (Å²) in [5.74, 6) is 0.901. The maximum absolute atomic E-state index is 12.3. The van der Waals surface area contributed by atoms with Gasteiger partial charge in [-0.1, -0.05) is 18.2 Å². The molecule has 5 nitrogen and oxygen atoms in total. The fraction of sp³-hybridized carbons (Fsp3) is 0.167. The molecule has 0 spiro atoms. The van der Waals surface area contributed by atoms with Crippen LogP contribution in [-0.2, 0) is 4.74 Å². The van der Waals surface area contributed by atoms with Gasteiger partial charge in [-0.2, -0.15) is 0 Å². The number of H-pyrrole nitrogens is 1. The van der Waals surface area contributed by atoms with E-state index in [1.54, 1.807) is 20.3 Å². The molecular formula is C18H17NO4. The first-order valence-electron chi connectivity index (χ1n) is 7.11. The smallest absolute Gasteiger partial charge is 0.340 e. The molecule has 1 heterocycles. The van der Waals surface area contributed by atoms with Crippen LogP contribution in [0.15, 0.2) is 42.5 Å². The van der Waals surface area contributed by atoms with Gasteiger partial charge in [-0.05, 0) is 18.2 Å². The lowest BCUT2D eigenvalue weighted by Crippen LogP contribution is -2.03. The molecule has 3 aromatic rings. The van der Waals surface area contributed by atoms with Crippen LogP contribution in [0.3, 0.4) is 0 Å². The van der Waals surface area contributed by atoms with Crippen LogP contribution in [0, 0.1) is 0 Å². The van der Waals surface area contributed by atoms with Crippen molar-refractivity contribution in [3.8, 4) is 22.8 Å². The Morgan fingerprint density at radius 3 is 2.48 bits per heavy atom. The fourth-order valence-electron chi connectivity index (χ4n) is 2.66. The number of esters is 1. The number of hydrogen-bond donors (Lipinski definition) is 1. The molecule has 2 aromatic carbocycles. The number of nitrogens with one attached hydrogen (secondary N) is 1. The number of para-hydroxylation sites is 1. The minimum Gasteiger partial charge on any atom is -0.497 e. The number of carbonyl (C=O) groups excluding carboxylic acids is 1. The second-order valence-corrected chi connectivity index (χ2v) is 4.98. The van der Waals surface area contributed by atoms with Gasteiger partial charge in [0, 0.05) is 22.5 Å². The van der Waals surface area contributed by atoms with Gasteiger partial charge in [-0.25, -0.2) is 4.79 Å². The zero-order valence-electron chi connectivity index (χ0n) is 13.2. The maximum Gasteiger partial charge on any atom is 0.340 e. The number of carbonyl (C=O) groups is 1. The van der Waals surface area contributed by atoms with Gasteiger partial charge >= 0.3 is 5.97 Å². The number of aromatic amines is 1. The van der Waals surface area contributed by atoms with E-state index >= 15 is 0 Å². The molecule has 0 saturated heterocycles. The predicted octanol–water partition coefficient (Wildman–Crippen LogP) is 3.64. The van der Waals surface area contributed by atoms with Crippen molar-refractivity contribution in [2.75, 3.05) is 21.3 Å². The lowest BCUT2D eigenvalue weighted by molar-refractivity contribution is 0.0604. The van der Waals surface area contributed by atoms with Crippen LogP contribution >= 0.6 is 0 Å². The molecule has 0 bridgehead atoms. The number of ether oxygens (including phenoxy) is 3. The minimum absolute atomic E-state index is 0.393. The van der Waals surface area contributed by atoms with Crippen LogP contribution in [0.2, 0.25) is 0 Å². The van der Waals surface area contributed by atoms with Gasteiger partial charge in [0.1, 0.15) is 11.5 Å². The van der Waals surface area contributed by atoms with Gasteiger partial charge in [0.15, 0.2) is 0 Å². The van der Waals surface area contributed by atoms with Crippen molar-refractivity contribution in [1.82, 2.24) is 4.98 Å². The summed E-state index contributed by atoms with van der Waals surface area (Å²) in [6.07, 6.45) is 0. The maximum atomic E-state index is 12.3. The number of fused-ring (bicyclic) bond motifs is 1. The molecule has 0 atom stereocenters. The Kier molecular flexibility index (Phi) is 3.93. The Bertz CT molecular complexity index is 867. The van der Waals surface area contributed by atoms with Crippen molar-refractivity contribution in [2.24, 2.45) is 0 Å². The lowest BCUT2D eigenvalue weighted by atomic mass is 10.0. The monoisotopic (exact) mass is 311 g/mol. The standard InChI is InChI=1S/C18H17NO4/c1-21-11-8-9-13(15(10-11)22-2)17-16(18(20)23-3)12-6-4-5-7-14(12)19-17/h4-10,19H,1-3H3. The molecule has 23 heavy (non-hydrogen) atoms. The number of hydrogen-bond acceptors (Lipinski definition) is 4.